The van der Waals surface area contributed by atoms with Crippen molar-refractivity contribution in [1.82, 2.24) is 10.3 Å². The van der Waals surface area contributed by atoms with Crippen molar-refractivity contribution in [3.8, 4) is 11.5 Å². The molecular formula is C18H17N3O6S. The van der Waals surface area contributed by atoms with Crippen molar-refractivity contribution in [2.75, 3.05) is 11.9 Å². The number of sulfonamides is 1. The number of amides is 2. The molecule has 0 aromatic heterocycles. The normalized spacial score (nSPS) is 18.0. The van der Waals surface area contributed by atoms with E-state index < -0.39 is 22.0 Å². The molecule has 0 fully saturated rings. The van der Waals surface area contributed by atoms with Crippen LogP contribution in [0.3, 0.4) is 0 Å². The van der Waals surface area contributed by atoms with Crippen LogP contribution < -0.4 is 25.0 Å². The molecule has 2 aliphatic heterocycles. The molecule has 2 aromatic rings. The van der Waals surface area contributed by atoms with E-state index in [4.69, 9.17) is 9.47 Å². The summed E-state index contributed by atoms with van der Waals surface area (Å²) in [7, 11) is -3.99. The van der Waals surface area contributed by atoms with E-state index in [0.29, 0.717) is 30.0 Å². The molecule has 0 saturated heterocycles. The van der Waals surface area contributed by atoms with E-state index in [1.807, 2.05) is 0 Å². The standard InChI is InChI=1S/C18H17N3O6S/c22-17-8-5-11-9-12(6-7-13(11)19-17)28(24,25)21-20-18(23)16-10-26-14-3-1-2-4-15(14)27-16/h1-4,6-7,9,16,21H,5,8,10H2,(H,19,22)(H,20,23)/t16-/m1/s1. The van der Waals surface area contributed by atoms with Crippen LogP contribution in [0.4, 0.5) is 5.69 Å². The van der Waals surface area contributed by atoms with Crippen molar-refractivity contribution >= 4 is 27.5 Å². The Bertz CT molecular complexity index is 1050. The number of hydrogen-bond donors (Lipinski definition) is 3. The van der Waals surface area contributed by atoms with E-state index in [2.05, 4.69) is 15.6 Å². The summed E-state index contributed by atoms with van der Waals surface area (Å²) >= 11 is 0. The summed E-state index contributed by atoms with van der Waals surface area (Å²) in [5.41, 5.74) is 3.46. The van der Waals surface area contributed by atoms with Gasteiger partial charge in [-0.25, -0.2) is 8.42 Å². The van der Waals surface area contributed by atoms with Crippen molar-refractivity contribution in [3.63, 3.8) is 0 Å². The molecule has 0 aliphatic carbocycles. The van der Waals surface area contributed by atoms with Gasteiger partial charge in [0, 0.05) is 12.1 Å². The Labute approximate surface area is 161 Å². The molecular weight excluding hydrogens is 386 g/mol. The maximum atomic E-state index is 12.5. The molecule has 3 N–H and O–H groups in total. The number of nitrogens with one attached hydrogen (secondary N) is 3. The number of ether oxygens (including phenoxy) is 2. The molecule has 0 spiro atoms. The zero-order chi connectivity index (χ0) is 19.7. The highest BCUT2D eigenvalue weighted by Crippen LogP contribution is 2.31. The van der Waals surface area contributed by atoms with Gasteiger partial charge in [0.15, 0.2) is 11.5 Å². The number of anilines is 1. The summed E-state index contributed by atoms with van der Waals surface area (Å²) in [4.78, 5) is 25.7. The second kappa shape index (κ2) is 7.13. The van der Waals surface area contributed by atoms with Crippen LogP contribution in [0.2, 0.25) is 0 Å². The first kappa shape index (κ1) is 18.3. The lowest BCUT2D eigenvalue weighted by atomic mass is 10.0. The Balaban J connectivity index is 1.42. The van der Waals surface area contributed by atoms with E-state index in [1.54, 1.807) is 24.3 Å². The average Bonchev–Trinajstić information content (AvgIpc) is 2.71. The highest BCUT2D eigenvalue weighted by Gasteiger charge is 2.28. The van der Waals surface area contributed by atoms with Crippen LogP contribution >= 0.6 is 0 Å². The van der Waals surface area contributed by atoms with Crippen LogP contribution in [-0.2, 0) is 26.0 Å². The smallest absolute Gasteiger partial charge is 0.279 e. The predicted octanol–water partition coefficient (Wildman–Crippen LogP) is 0.721. The largest absolute Gasteiger partial charge is 0.485 e. The fraction of sp³-hybridized carbons (Fsp3) is 0.222. The number of carbonyl (C=O) groups is 2. The van der Waals surface area contributed by atoms with Crippen molar-refractivity contribution in [2.45, 2.75) is 23.8 Å². The van der Waals surface area contributed by atoms with Gasteiger partial charge in [-0.1, -0.05) is 12.1 Å². The summed E-state index contributed by atoms with van der Waals surface area (Å²) < 4.78 is 35.9. The molecule has 9 nitrogen and oxygen atoms in total. The minimum absolute atomic E-state index is 0.0196. The van der Waals surface area contributed by atoms with Crippen LogP contribution in [0.15, 0.2) is 47.4 Å². The van der Waals surface area contributed by atoms with E-state index >= 15 is 0 Å². The number of aryl methyl sites for hydroxylation is 1. The van der Waals surface area contributed by atoms with Crippen LogP contribution in [0.1, 0.15) is 12.0 Å². The maximum absolute atomic E-state index is 12.5. The molecule has 28 heavy (non-hydrogen) atoms. The zero-order valence-electron chi connectivity index (χ0n) is 14.6. The topological polar surface area (TPSA) is 123 Å². The SMILES string of the molecule is O=C1CCc2cc(S(=O)(=O)NNC(=O)[C@H]3COc4ccccc4O3)ccc2N1. The zero-order valence-corrected chi connectivity index (χ0v) is 15.4. The van der Waals surface area contributed by atoms with Crippen LogP contribution in [0.5, 0.6) is 11.5 Å². The molecule has 0 unspecified atom stereocenters. The minimum atomic E-state index is -3.99. The Morgan fingerprint density at radius 1 is 1.11 bits per heavy atom. The Hall–Kier alpha value is -3.11. The molecule has 2 heterocycles. The van der Waals surface area contributed by atoms with E-state index in [-0.39, 0.29) is 17.4 Å². The monoisotopic (exact) mass is 403 g/mol. The van der Waals surface area contributed by atoms with Gasteiger partial charge in [0.2, 0.25) is 12.0 Å². The minimum Gasteiger partial charge on any atom is -0.485 e. The van der Waals surface area contributed by atoms with E-state index in [1.165, 1.54) is 18.2 Å². The van der Waals surface area contributed by atoms with Gasteiger partial charge in [0.25, 0.3) is 15.9 Å². The Morgan fingerprint density at radius 2 is 1.89 bits per heavy atom. The van der Waals surface area contributed by atoms with Crippen molar-refractivity contribution in [1.29, 1.82) is 0 Å². The molecule has 0 radical (unpaired) electrons. The third kappa shape index (κ3) is 3.64. The van der Waals surface area contributed by atoms with Gasteiger partial charge in [-0.2, -0.15) is 0 Å². The van der Waals surface area contributed by atoms with Gasteiger partial charge in [0.1, 0.15) is 6.61 Å². The Morgan fingerprint density at radius 3 is 2.71 bits per heavy atom. The quantitative estimate of drug-likeness (QED) is 0.647. The van der Waals surface area contributed by atoms with Crippen molar-refractivity contribution in [2.24, 2.45) is 0 Å². The predicted molar refractivity (Wildman–Crippen MR) is 98.2 cm³/mol. The first-order chi connectivity index (χ1) is 13.4. The van der Waals surface area contributed by atoms with E-state index in [0.717, 1.165) is 5.56 Å². The highest BCUT2D eigenvalue weighted by molar-refractivity contribution is 7.89. The average molecular weight is 403 g/mol. The summed E-state index contributed by atoms with van der Waals surface area (Å²) in [6, 6.07) is 11.2. The molecule has 0 bridgehead atoms. The first-order valence-electron chi connectivity index (χ1n) is 8.55. The highest BCUT2D eigenvalue weighted by atomic mass is 32.2. The number of fused-ring (bicyclic) bond motifs is 2. The molecule has 1 atom stereocenters. The van der Waals surface area contributed by atoms with Gasteiger partial charge in [0.05, 0.1) is 4.90 Å². The second-order valence-electron chi connectivity index (χ2n) is 6.33. The van der Waals surface area contributed by atoms with Gasteiger partial charge in [-0.05, 0) is 42.3 Å². The summed E-state index contributed by atoms with van der Waals surface area (Å²) in [5, 5.41) is 2.69. The van der Waals surface area contributed by atoms with Crippen LogP contribution in [0, 0.1) is 0 Å². The molecule has 146 valence electrons. The first-order valence-corrected chi connectivity index (χ1v) is 10.0. The summed E-state index contributed by atoms with van der Waals surface area (Å²) in [6.07, 6.45) is -0.249. The number of para-hydroxylation sites is 2. The molecule has 0 saturated carbocycles. The van der Waals surface area contributed by atoms with Gasteiger partial charge in [-0.15, -0.1) is 4.83 Å². The fourth-order valence-electron chi connectivity index (χ4n) is 2.93. The molecule has 10 heteroatoms. The number of hydrogen-bond acceptors (Lipinski definition) is 6. The number of carbonyl (C=O) groups excluding carboxylic acids is 2. The van der Waals surface area contributed by atoms with Gasteiger partial charge >= 0.3 is 0 Å². The lowest BCUT2D eigenvalue weighted by molar-refractivity contribution is -0.130. The fourth-order valence-corrected chi connectivity index (χ4v) is 3.83. The summed E-state index contributed by atoms with van der Waals surface area (Å²) in [6.45, 7) is -0.0386. The molecule has 2 aliphatic rings. The maximum Gasteiger partial charge on any atom is 0.279 e. The molecule has 4 rings (SSSR count). The summed E-state index contributed by atoms with van der Waals surface area (Å²) in [5.74, 6) is 0.148. The van der Waals surface area contributed by atoms with Crippen LogP contribution in [0.25, 0.3) is 0 Å². The van der Waals surface area contributed by atoms with Crippen LogP contribution in [-0.4, -0.2) is 32.9 Å². The number of rotatable bonds is 4. The number of benzene rings is 2. The second-order valence-corrected chi connectivity index (χ2v) is 8.01. The van der Waals surface area contributed by atoms with Crippen molar-refractivity contribution in [3.05, 3.63) is 48.0 Å². The third-order valence-electron chi connectivity index (χ3n) is 4.39. The van der Waals surface area contributed by atoms with Gasteiger partial charge in [-0.3, -0.25) is 15.0 Å². The Kier molecular flexibility index (Phi) is 4.65. The third-order valence-corrected chi connectivity index (χ3v) is 5.64. The van der Waals surface area contributed by atoms with Crippen molar-refractivity contribution < 1.29 is 27.5 Å². The lowest BCUT2D eigenvalue weighted by Crippen LogP contribution is -2.50. The molecule has 2 amide bonds. The lowest BCUT2D eigenvalue weighted by Gasteiger charge is -2.25. The van der Waals surface area contributed by atoms with Gasteiger partial charge < -0.3 is 14.8 Å². The number of hydrazine groups is 1. The van der Waals surface area contributed by atoms with E-state index in [9.17, 15) is 18.0 Å². The molecule has 2 aromatic carbocycles.